The third-order valence-corrected chi connectivity index (χ3v) is 13.4. The van der Waals surface area contributed by atoms with Crippen molar-refractivity contribution in [2.24, 2.45) is 0 Å². The molecule has 2 aliphatic rings. The van der Waals surface area contributed by atoms with Gasteiger partial charge in [-0.1, -0.05) is 109 Å². The molecule has 6 nitrogen and oxygen atoms in total. The van der Waals surface area contributed by atoms with E-state index in [0.717, 1.165) is 67.4 Å². The van der Waals surface area contributed by atoms with Crippen molar-refractivity contribution >= 4 is 61.6 Å². The maximum Gasteiger partial charge on any atom is 0.0991 e. The highest BCUT2D eigenvalue weighted by Gasteiger charge is 2.39. The predicted octanol–water partition coefficient (Wildman–Crippen LogP) is 15.6. The van der Waals surface area contributed by atoms with E-state index >= 15 is 0 Å². The van der Waals surface area contributed by atoms with E-state index in [0.29, 0.717) is 11.1 Å². The molecule has 10 aromatic rings. The van der Waals surface area contributed by atoms with Crippen molar-refractivity contribution in [3.63, 3.8) is 0 Å². The van der Waals surface area contributed by atoms with E-state index in [1.165, 1.54) is 22.3 Å². The minimum atomic E-state index is 0.143. The smallest absolute Gasteiger partial charge is 0.0991 e. The predicted molar refractivity (Wildman–Crippen MR) is 278 cm³/mol. The fourth-order valence-electron chi connectivity index (χ4n) is 10.2. The van der Waals surface area contributed by atoms with Gasteiger partial charge >= 0.3 is 0 Å². The average molecular weight is 871 g/mol. The van der Waals surface area contributed by atoms with Gasteiger partial charge < -0.3 is 19.3 Å². The fourth-order valence-corrected chi connectivity index (χ4v) is 10.2. The number of benzene rings is 9. The van der Waals surface area contributed by atoms with E-state index in [1.54, 1.807) is 0 Å². The normalized spacial score (nSPS) is 14.7. The van der Waals surface area contributed by atoms with Crippen LogP contribution in [0.1, 0.15) is 22.6 Å². The first kappa shape index (κ1) is 40.2. The Morgan fingerprint density at radius 2 is 0.926 bits per heavy atom. The van der Waals surface area contributed by atoms with Gasteiger partial charge in [0, 0.05) is 67.9 Å². The molecule has 2 unspecified atom stereocenters. The topological polar surface area (TPSA) is 62.2 Å². The lowest BCUT2D eigenvalue weighted by atomic mass is 9.89. The molecule has 320 valence electrons. The van der Waals surface area contributed by atoms with Gasteiger partial charge in [-0.3, -0.25) is 0 Å². The van der Waals surface area contributed by atoms with Crippen LogP contribution >= 0.6 is 0 Å². The van der Waals surface area contributed by atoms with E-state index in [2.05, 4.69) is 226 Å². The van der Waals surface area contributed by atoms with Crippen LogP contribution in [0.25, 0.3) is 38.6 Å². The molecular formula is C62H42N6. The van der Waals surface area contributed by atoms with Crippen molar-refractivity contribution in [2.45, 2.75) is 12.0 Å². The molecule has 0 spiro atoms. The van der Waals surface area contributed by atoms with Crippen LogP contribution in [0.15, 0.2) is 248 Å². The van der Waals surface area contributed by atoms with Crippen LogP contribution < -0.4 is 14.7 Å². The standard InChI is InChI=1S/C62H42N6/c63-41-43-19-27-49(28-20-43)65(53-35-37-61-57(39-53)55-15-7-9-17-59(55)67(61)47-11-3-1-4-12-47)51-31-23-45(24-32-51)46-25-33-52(34-26-46)66(50-29-21-44(42-64)22-30-50)54-36-38-62-58(40-54)56-16-8-10-18-60(56)68(62)48-13-5-2-6-14-48/h1-40,57,61H. The van der Waals surface area contributed by atoms with Gasteiger partial charge in [0.25, 0.3) is 0 Å². The van der Waals surface area contributed by atoms with Gasteiger partial charge in [0.05, 0.1) is 40.3 Å². The number of rotatable bonds is 9. The molecule has 9 aromatic carbocycles. The van der Waals surface area contributed by atoms with Crippen LogP contribution in [0.3, 0.4) is 0 Å². The Hall–Kier alpha value is -9.36. The zero-order valence-corrected chi connectivity index (χ0v) is 36.9. The van der Waals surface area contributed by atoms with Crippen LogP contribution in [0.5, 0.6) is 0 Å². The highest BCUT2D eigenvalue weighted by atomic mass is 15.2. The fraction of sp³-hybridized carbons (Fsp3) is 0.0323. The number of nitrogens with zero attached hydrogens (tertiary/aromatic N) is 6. The van der Waals surface area contributed by atoms with Crippen molar-refractivity contribution in [3.05, 3.63) is 265 Å². The largest absolute Gasteiger partial charge is 0.333 e. The minimum absolute atomic E-state index is 0.143. The van der Waals surface area contributed by atoms with Crippen molar-refractivity contribution in [3.8, 4) is 29.0 Å². The van der Waals surface area contributed by atoms with Crippen LogP contribution in [-0.4, -0.2) is 10.6 Å². The molecule has 0 saturated carbocycles. The Balaban J connectivity index is 0.892. The molecule has 0 saturated heterocycles. The summed E-state index contributed by atoms with van der Waals surface area (Å²) in [6.07, 6.45) is 6.98. The van der Waals surface area contributed by atoms with E-state index in [9.17, 15) is 10.5 Å². The highest BCUT2D eigenvalue weighted by molar-refractivity contribution is 6.10. The van der Waals surface area contributed by atoms with Crippen LogP contribution in [0.4, 0.5) is 39.8 Å². The number of hydrogen-bond donors (Lipinski definition) is 0. The summed E-state index contributed by atoms with van der Waals surface area (Å²) in [5.41, 5.74) is 16.6. The SMILES string of the molecule is N#Cc1ccc(N(C2=CC3c4ccccc4N(c4ccccc4)C3C=C2)c2ccc(-c3ccc(N(c4ccc(C#N)cc4)c4ccc5c(c4)c4ccccc4n5-c4ccccc4)cc3)cc2)cc1. The summed E-state index contributed by atoms with van der Waals surface area (Å²) in [5, 5.41) is 21.7. The highest BCUT2D eigenvalue weighted by Crippen LogP contribution is 2.49. The lowest BCUT2D eigenvalue weighted by Crippen LogP contribution is -2.30. The van der Waals surface area contributed by atoms with Gasteiger partial charge in [0.1, 0.15) is 0 Å². The van der Waals surface area contributed by atoms with Gasteiger partial charge in [0.15, 0.2) is 0 Å². The van der Waals surface area contributed by atoms with Crippen LogP contribution in [0.2, 0.25) is 0 Å². The number of para-hydroxylation sites is 4. The Labute approximate surface area is 395 Å². The summed E-state index contributed by atoms with van der Waals surface area (Å²) in [7, 11) is 0. The molecule has 0 bridgehead atoms. The van der Waals surface area contributed by atoms with E-state index in [1.807, 2.05) is 48.5 Å². The Bertz CT molecular complexity index is 3630. The first-order valence-electron chi connectivity index (χ1n) is 22.9. The summed E-state index contributed by atoms with van der Waals surface area (Å²) in [6, 6.07) is 82.9. The third kappa shape index (κ3) is 6.97. The van der Waals surface area contributed by atoms with Gasteiger partial charge in [-0.25, -0.2) is 0 Å². The van der Waals surface area contributed by atoms with Crippen molar-refractivity contribution in [2.75, 3.05) is 14.7 Å². The first-order chi connectivity index (χ1) is 33.6. The second-order valence-electron chi connectivity index (χ2n) is 17.2. The molecule has 12 rings (SSSR count). The summed E-state index contributed by atoms with van der Waals surface area (Å²) in [5.74, 6) is 0.144. The Morgan fingerprint density at radius 1 is 0.426 bits per heavy atom. The van der Waals surface area contributed by atoms with Gasteiger partial charge in [-0.2, -0.15) is 10.5 Å². The summed E-state index contributed by atoms with van der Waals surface area (Å²) in [4.78, 5) is 7.00. The van der Waals surface area contributed by atoms with Crippen molar-refractivity contribution in [1.82, 2.24) is 4.57 Å². The lowest BCUT2D eigenvalue weighted by molar-refractivity contribution is 0.736. The van der Waals surface area contributed by atoms with E-state index < -0.39 is 0 Å². The minimum Gasteiger partial charge on any atom is -0.333 e. The average Bonchev–Trinajstić information content (AvgIpc) is 3.92. The summed E-state index contributed by atoms with van der Waals surface area (Å²) >= 11 is 0. The van der Waals surface area contributed by atoms with Gasteiger partial charge in [-0.05, 0) is 150 Å². The maximum absolute atomic E-state index is 9.67. The van der Waals surface area contributed by atoms with Crippen molar-refractivity contribution < 1.29 is 0 Å². The van der Waals surface area contributed by atoms with E-state index in [4.69, 9.17) is 0 Å². The molecule has 68 heavy (non-hydrogen) atoms. The quantitative estimate of drug-likeness (QED) is 0.145. The molecule has 0 radical (unpaired) electrons. The number of aromatic nitrogens is 1. The summed E-state index contributed by atoms with van der Waals surface area (Å²) < 4.78 is 2.33. The molecule has 1 aliphatic carbocycles. The Kier molecular flexibility index (Phi) is 9.98. The molecule has 2 heterocycles. The number of nitriles is 2. The molecule has 1 aromatic heterocycles. The van der Waals surface area contributed by atoms with Crippen LogP contribution in [-0.2, 0) is 0 Å². The maximum atomic E-state index is 9.67. The third-order valence-electron chi connectivity index (χ3n) is 13.4. The first-order valence-corrected chi connectivity index (χ1v) is 22.9. The second kappa shape index (κ2) is 16.9. The number of fused-ring (bicyclic) bond motifs is 6. The Morgan fingerprint density at radius 3 is 1.54 bits per heavy atom. The van der Waals surface area contributed by atoms with Crippen molar-refractivity contribution in [1.29, 1.82) is 10.5 Å². The molecule has 2 atom stereocenters. The van der Waals surface area contributed by atoms with Crippen LogP contribution in [0, 0.1) is 22.7 Å². The molecule has 6 heteroatoms. The monoisotopic (exact) mass is 870 g/mol. The zero-order chi connectivity index (χ0) is 45.6. The second-order valence-corrected chi connectivity index (χ2v) is 17.2. The van der Waals surface area contributed by atoms with E-state index in [-0.39, 0.29) is 12.0 Å². The number of hydrogen-bond acceptors (Lipinski definition) is 5. The molecule has 0 N–H and O–H groups in total. The summed E-state index contributed by atoms with van der Waals surface area (Å²) in [6.45, 7) is 0. The lowest BCUT2D eigenvalue weighted by Gasteiger charge is -2.33. The van der Waals surface area contributed by atoms with Gasteiger partial charge in [-0.15, -0.1) is 0 Å². The molecule has 0 amide bonds. The zero-order valence-electron chi connectivity index (χ0n) is 36.9. The number of anilines is 7. The van der Waals surface area contributed by atoms with Gasteiger partial charge in [0.2, 0.25) is 0 Å². The number of allylic oxidation sites excluding steroid dienone is 1. The molecule has 1 aliphatic heterocycles. The molecular weight excluding hydrogens is 829 g/mol. The molecule has 0 fully saturated rings.